The van der Waals surface area contributed by atoms with Crippen LogP contribution in [0.4, 0.5) is 11.6 Å². The summed E-state index contributed by atoms with van der Waals surface area (Å²) < 4.78 is 5.01. The van der Waals surface area contributed by atoms with Crippen molar-refractivity contribution in [2.75, 3.05) is 18.2 Å². The Morgan fingerprint density at radius 2 is 2.19 bits per heavy atom. The fourth-order valence-corrected chi connectivity index (χ4v) is 2.78. The van der Waals surface area contributed by atoms with Crippen molar-refractivity contribution in [3.8, 4) is 6.01 Å². The number of ether oxygens (including phenoxy) is 1. The number of rotatable bonds is 3. The quantitative estimate of drug-likeness (QED) is 0.848. The molecule has 1 aromatic heterocycles. The zero-order valence-corrected chi connectivity index (χ0v) is 12.4. The highest BCUT2D eigenvalue weighted by molar-refractivity contribution is 6.28. The van der Waals surface area contributed by atoms with Crippen molar-refractivity contribution in [3.63, 3.8) is 0 Å². The van der Waals surface area contributed by atoms with Crippen molar-refractivity contribution < 1.29 is 4.74 Å². The van der Waals surface area contributed by atoms with Crippen molar-refractivity contribution in [3.05, 3.63) is 34.6 Å². The molecule has 110 valence electrons. The second-order valence-corrected chi connectivity index (χ2v) is 5.30. The van der Waals surface area contributed by atoms with Crippen molar-refractivity contribution in [2.24, 2.45) is 0 Å². The summed E-state index contributed by atoms with van der Waals surface area (Å²) in [5, 5.41) is 3.41. The van der Waals surface area contributed by atoms with Crippen LogP contribution >= 0.6 is 11.6 Å². The number of hydrogen-bond donors (Lipinski definition) is 2. The lowest BCUT2D eigenvalue weighted by Gasteiger charge is -2.26. The van der Waals surface area contributed by atoms with Gasteiger partial charge in [-0.15, -0.1) is 0 Å². The minimum absolute atomic E-state index is 0.109. The Hall–Kier alpha value is -2.08. The number of halogens is 1. The van der Waals surface area contributed by atoms with Gasteiger partial charge in [-0.3, -0.25) is 0 Å². The van der Waals surface area contributed by atoms with Gasteiger partial charge in [-0.2, -0.15) is 15.0 Å². The molecule has 0 fully saturated rings. The summed E-state index contributed by atoms with van der Waals surface area (Å²) in [7, 11) is 1.49. The molecular weight excluding hydrogens is 290 g/mol. The van der Waals surface area contributed by atoms with Crippen LogP contribution in [-0.2, 0) is 6.42 Å². The van der Waals surface area contributed by atoms with Crippen LogP contribution in [0.3, 0.4) is 0 Å². The molecule has 0 bridgehead atoms. The average Bonchev–Trinajstić information content (AvgIpc) is 2.46. The van der Waals surface area contributed by atoms with Crippen molar-refractivity contribution >= 4 is 23.2 Å². The summed E-state index contributed by atoms with van der Waals surface area (Å²) in [5.41, 5.74) is 9.14. The lowest BCUT2D eigenvalue weighted by Crippen LogP contribution is -2.19. The van der Waals surface area contributed by atoms with E-state index < -0.39 is 0 Å². The molecule has 1 atom stereocenters. The number of anilines is 2. The summed E-state index contributed by atoms with van der Waals surface area (Å²) in [6, 6.07) is 6.34. The third-order valence-corrected chi connectivity index (χ3v) is 3.72. The highest BCUT2D eigenvalue weighted by atomic mass is 35.5. The first-order valence-corrected chi connectivity index (χ1v) is 7.14. The van der Waals surface area contributed by atoms with E-state index in [1.807, 2.05) is 12.1 Å². The SMILES string of the molecule is COc1nc(Cl)nc(NC2CCCc3cc(N)ccc32)n1. The molecule has 0 saturated heterocycles. The van der Waals surface area contributed by atoms with Crippen LogP contribution in [0.5, 0.6) is 6.01 Å². The number of nitrogens with one attached hydrogen (secondary N) is 1. The van der Waals surface area contributed by atoms with Crippen LogP contribution < -0.4 is 15.8 Å². The summed E-state index contributed by atoms with van der Waals surface area (Å²) in [5.74, 6) is 0.418. The molecule has 0 radical (unpaired) electrons. The minimum Gasteiger partial charge on any atom is -0.467 e. The van der Waals surface area contributed by atoms with E-state index in [1.165, 1.54) is 18.2 Å². The molecule has 3 N–H and O–H groups in total. The van der Waals surface area contributed by atoms with Gasteiger partial charge in [-0.25, -0.2) is 0 Å². The van der Waals surface area contributed by atoms with E-state index in [-0.39, 0.29) is 17.3 Å². The maximum atomic E-state index is 5.87. The van der Waals surface area contributed by atoms with Crippen LogP contribution in [0.15, 0.2) is 18.2 Å². The first-order valence-electron chi connectivity index (χ1n) is 6.76. The van der Waals surface area contributed by atoms with E-state index >= 15 is 0 Å². The Morgan fingerprint density at radius 3 is 3.00 bits per heavy atom. The minimum atomic E-state index is 0.109. The number of nitrogens with zero attached hydrogens (tertiary/aromatic N) is 3. The molecule has 21 heavy (non-hydrogen) atoms. The number of methoxy groups -OCH3 is 1. The summed E-state index contributed by atoms with van der Waals surface area (Å²) in [6.45, 7) is 0. The van der Waals surface area contributed by atoms with Gasteiger partial charge in [-0.05, 0) is 54.1 Å². The second-order valence-electron chi connectivity index (χ2n) is 4.96. The van der Waals surface area contributed by atoms with Crippen molar-refractivity contribution in [1.82, 2.24) is 15.0 Å². The van der Waals surface area contributed by atoms with Crippen molar-refractivity contribution in [2.45, 2.75) is 25.3 Å². The topological polar surface area (TPSA) is 86.0 Å². The molecule has 3 rings (SSSR count). The number of nitrogens with two attached hydrogens (primary N) is 1. The molecule has 1 aliphatic rings. The standard InChI is InChI=1S/C14H16ClN5O/c1-21-14-19-12(15)18-13(20-14)17-11-4-2-3-8-7-9(16)5-6-10(8)11/h5-7,11H,2-4,16H2,1H3,(H,17,18,19,20). The first kappa shape index (κ1) is 13.9. The van der Waals surface area contributed by atoms with Gasteiger partial charge in [0.2, 0.25) is 11.2 Å². The van der Waals surface area contributed by atoms with Gasteiger partial charge in [0.15, 0.2) is 0 Å². The van der Waals surface area contributed by atoms with Gasteiger partial charge in [-0.1, -0.05) is 6.07 Å². The summed E-state index contributed by atoms with van der Waals surface area (Å²) in [6.07, 6.45) is 3.13. The lowest BCUT2D eigenvalue weighted by atomic mass is 9.87. The number of aromatic nitrogens is 3. The summed E-state index contributed by atoms with van der Waals surface area (Å²) >= 11 is 5.87. The van der Waals surface area contributed by atoms with E-state index in [2.05, 4.69) is 26.3 Å². The Bertz CT molecular complexity index is 664. The van der Waals surface area contributed by atoms with E-state index in [4.69, 9.17) is 22.1 Å². The Labute approximate surface area is 127 Å². The number of hydrogen-bond acceptors (Lipinski definition) is 6. The van der Waals surface area contributed by atoms with Gasteiger partial charge in [0, 0.05) is 5.69 Å². The van der Waals surface area contributed by atoms with E-state index in [0.29, 0.717) is 5.95 Å². The number of benzene rings is 1. The normalized spacial score (nSPS) is 17.1. The molecule has 6 nitrogen and oxygen atoms in total. The highest BCUT2D eigenvalue weighted by Gasteiger charge is 2.21. The third kappa shape index (κ3) is 3.00. The third-order valence-electron chi connectivity index (χ3n) is 3.55. The van der Waals surface area contributed by atoms with E-state index in [1.54, 1.807) is 0 Å². The Morgan fingerprint density at radius 1 is 1.33 bits per heavy atom. The molecule has 1 unspecified atom stereocenters. The van der Waals surface area contributed by atoms with E-state index in [9.17, 15) is 0 Å². The highest BCUT2D eigenvalue weighted by Crippen LogP contribution is 2.33. The van der Waals surface area contributed by atoms with Gasteiger partial charge in [0.1, 0.15) is 0 Å². The van der Waals surface area contributed by atoms with Gasteiger partial charge < -0.3 is 15.8 Å². The van der Waals surface area contributed by atoms with Crippen LogP contribution in [0.1, 0.15) is 30.0 Å². The molecule has 1 aliphatic carbocycles. The molecule has 1 aromatic carbocycles. The number of aryl methyl sites for hydroxylation is 1. The van der Waals surface area contributed by atoms with Gasteiger partial charge >= 0.3 is 6.01 Å². The van der Waals surface area contributed by atoms with Crippen LogP contribution in [0.2, 0.25) is 5.28 Å². The fraction of sp³-hybridized carbons (Fsp3) is 0.357. The molecule has 0 aliphatic heterocycles. The molecule has 0 spiro atoms. The van der Waals surface area contributed by atoms with Crippen molar-refractivity contribution in [1.29, 1.82) is 0 Å². The average molecular weight is 306 g/mol. The summed E-state index contributed by atoms with van der Waals surface area (Å²) in [4.78, 5) is 12.1. The molecule has 0 saturated carbocycles. The predicted octanol–water partition coefficient (Wildman–Crippen LogP) is 2.61. The second kappa shape index (κ2) is 5.73. The predicted molar refractivity (Wildman–Crippen MR) is 81.5 cm³/mol. The smallest absolute Gasteiger partial charge is 0.322 e. The van der Waals surface area contributed by atoms with Crippen LogP contribution in [0.25, 0.3) is 0 Å². The maximum Gasteiger partial charge on any atom is 0.322 e. The molecule has 2 aromatic rings. The van der Waals surface area contributed by atoms with Gasteiger partial charge in [0.05, 0.1) is 13.2 Å². The Kier molecular flexibility index (Phi) is 3.79. The number of nitrogen functional groups attached to an aromatic ring is 1. The van der Waals surface area contributed by atoms with E-state index in [0.717, 1.165) is 24.9 Å². The largest absolute Gasteiger partial charge is 0.467 e. The maximum absolute atomic E-state index is 5.87. The lowest BCUT2D eigenvalue weighted by molar-refractivity contribution is 0.378. The molecule has 7 heteroatoms. The van der Waals surface area contributed by atoms with Gasteiger partial charge in [0.25, 0.3) is 0 Å². The monoisotopic (exact) mass is 305 g/mol. The Balaban J connectivity index is 1.88. The zero-order valence-electron chi connectivity index (χ0n) is 11.6. The molecule has 0 amide bonds. The number of fused-ring (bicyclic) bond motifs is 1. The van der Waals surface area contributed by atoms with Crippen LogP contribution in [-0.4, -0.2) is 22.1 Å². The zero-order chi connectivity index (χ0) is 14.8. The molecule has 1 heterocycles. The van der Waals surface area contributed by atoms with Crippen LogP contribution in [0, 0.1) is 0 Å². The first-order chi connectivity index (χ1) is 10.2. The fourth-order valence-electron chi connectivity index (χ4n) is 2.63. The molecular formula is C14H16ClN5O.